The molecule has 0 aromatic heterocycles. The van der Waals surface area contributed by atoms with Gasteiger partial charge in [-0.2, -0.15) is 0 Å². The molecule has 4 aliphatic heterocycles. The molecule has 4 atom stereocenters. The molecule has 4 heterocycles. The molecule has 2 fully saturated rings. The maximum Gasteiger partial charge on any atom is 0.252 e. The van der Waals surface area contributed by atoms with E-state index in [1.807, 2.05) is 43.3 Å². The fraction of sp³-hybridized carbons (Fsp3) is 0.419. The van der Waals surface area contributed by atoms with Crippen LogP contribution < -0.4 is 26.2 Å². The number of anilines is 4. The molecule has 3 aromatic rings. The SMILES string of the molecule is Cc1cc2c3c(c1)C1(F)CCCCC1(F)N3c1cccc3c1B2c1cccc2c1N3C1(F)CCCCC21F. The molecular formula is C31H27BF4N2. The van der Waals surface area contributed by atoms with Crippen molar-refractivity contribution >= 4 is 45.9 Å². The second-order valence-corrected chi connectivity index (χ2v) is 12.3. The van der Waals surface area contributed by atoms with E-state index in [-0.39, 0.29) is 32.4 Å². The predicted molar refractivity (Wildman–Crippen MR) is 143 cm³/mol. The average molecular weight is 514 g/mol. The van der Waals surface area contributed by atoms with Crippen molar-refractivity contribution < 1.29 is 17.6 Å². The Hall–Kier alpha value is -2.96. The third-order valence-corrected chi connectivity index (χ3v) is 10.6. The minimum absolute atomic E-state index is 0.0933. The highest BCUT2D eigenvalue weighted by Crippen LogP contribution is 2.66. The third kappa shape index (κ3) is 2.04. The number of fused-ring (bicyclic) bond motifs is 10. The number of rotatable bonds is 0. The topological polar surface area (TPSA) is 6.48 Å². The zero-order valence-electron chi connectivity index (χ0n) is 21.3. The van der Waals surface area contributed by atoms with E-state index in [4.69, 9.17) is 0 Å². The van der Waals surface area contributed by atoms with E-state index in [0.29, 0.717) is 59.6 Å². The van der Waals surface area contributed by atoms with E-state index in [2.05, 4.69) is 0 Å². The normalized spacial score (nSPS) is 34.9. The average Bonchev–Trinajstić information content (AvgIpc) is 3.25. The standard InChI is InChI=1S/C31H27BF4N2/c1-18-16-20-27-22(17-18)32-21-9-6-8-19-26(21)37(30(35)14-4-2-12-28(19,30)33)23-10-7-11-24(25(23)32)38(27)31(36)15-5-3-13-29(20,31)34/h6-11,16-17H,2-5,12-15H2,1H3. The molecular weight excluding hydrogens is 487 g/mol. The van der Waals surface area contributed by atoms with Crippen LogP contribution in [0, 0.1) is 6.92 Å². The van der Waals surface area contributed by atoms with Crippen LogP contribution in [-0.2, 0) is 11.3 Å². The van der Waals surface area contributed by atoms with Crippen molar-refractivity contribution in [1.29, 1.82) is 0 Å². The van der Waals surface area contributed by atoms with Crippen LogP contribution in [0.1, 0.15) is 68.1 Å². The van der Waals surface area contributed by atoms with Crippen LogP contribution in [0.2, 0.25) is 0 Å². The monoisotopic (exact) mass is 514 g/mol. The van der Waals surface area contributed by atoms with Crippen molar-refractivity contribution in [3.8, 4) is 0 Å². The fourth-order valence-corrected chi connectivity index (χ4v) is 9.12. The lowest BCUT2D eigenvalue weighted by atomic mass is 9.33. The molecule has 0 radical (unpaired) electrons. The number of para-hydroxylation sites is 1. The first-order valence-corrected chi connectivity index (χ1v) is 14.0. The molecule has 2 nitrogen and oxygen atoms in total. The van der Waals surface area contributed by atoms with Crippen molar-refractivity contribution in [3.63, 3.8) is 0 Å². The summed E-state index contributed by atoms with van der Waals surface area (Å²) in [4.78, 5) is 3.20. The Morgan fingerprint density at radius 1 is 0.658 bits per heavy atom. The van der Waals surface area contributed by atoms with E-state index >= 15 is 17.6 Å². The Balaban J connectivity index is 1.43. The van der Waals surface area contributed by atoms with Gasteiger partial charge in [-0.05, 0) is 74.0 Å². The summed E-state index contributed by atoms with van der Waals surface area (Å²) in [6, 6.07) is 14.9. The molecule has 0 saturated heterocycles. The molecule has 6 aliphatic rings. The van der Waals surface area contributed by atoms with Crippen molar-refractivity contribution in [2.24, 2.45) is 0 Å². The summed E-state index contributed by atoms with van der Waals surface area (Å²) in [7, 11) is 0. The first kappa shape index (κ1) is 21.9. The Labute approximate surface area is 219 Å². The molecule has 0 spiro atoms. The van der Waals surface area contributed by atoms with Gasteiger partial charge in [0.05, 0.1) is 0 Å². The zero-order chi connectivity index (χ0) is 25.8. The molecule has 38 heavy (non-hydrogen) atoms. The predicted octanol–water partition coefficient (Wildman–Crippen LogP) is 6.25. The molecule has 2 aliphatic carbocycles. The lowest BCUT2D eigenvalue weighted by Gasteiger charge is -2.49. The Kier molecular flexibility index (Phi) is 3.71. The maximum atomic E-state index is 17.3. The molecule has 7 heteroatoms. The molecule has 3 aromatic carbocycles. The molecule has 192 valence electrons. The Morgan fingerprint density at radius 3 is 1.87 bits per heavy atom. The zero-order valence-corrected chi connectivity index (χ0v) is 21.3. The summed E-state index contributed by atoms with van der Waals surface area (Å²) >= 11 is 0. The summed E-state index contributed by atoms with van der Waals surface area (Å²) in [5.74, 6) is -4.43. The first-order chi connectivity index (χ1) is 18.2. The quantitative estimate of drug-likeness (QED) is 0.199. The highest BCUT2D eigenvalue weighted by atomic mass is 19.2. The second-order valence-electron chi connectivity index (χ2n) is 12.3. The maximum absolute atomic E-state index is 17.3. The van der Waals surface area contributed by atoms with Gasteiger partial charge < -0.3 is 9.80 Å². The Morgan fingerprint density at radius 2 is 1.21 bits per heavy atom. The van der Waals surface area contributed by atoms with Crippen molar-refractivity contribution in [1.82, 2.24) is 0 Å². The number of halogens is 4. The van der Waals surface area contributed by atoms with E-state index in [1.165, 1.54) is 0 Å². The van der Waals surface area contributed by atoms with Crippen LogP contribution in [0.4, 0.5) is 40.3 Å². The largest absolute Gasteiger partial charge is 0.306 e. The van der Waals surface area contributed by atoms with Crippen LogP contribution in [0.5, 0.6) is 0 Å². The fourth-order valence-electron chi connectivity index (χ4n) is 9.12. The molecule has 9 rings (SSSR count). The minimum Gasteiger partial charge on any atom is -0.306 e. The van der Waals surface area contributed by atoms with Crippen molar-refractivity contribution in [2.45, 2.75) is 81.2 Å². The van der Waals surface area contributed by atoms with Gasteiger partial charge in [0.15, 0.2) is 11.3 Å². The summed E-state index contributed by atoms with van der Waals surface area (Å²) in [5.41, 5.74) is 2.32. The van der Waals surface area contributed by atoms with Gasteiger partial charge in [-0.3, -0.25) is 0 Å². The lowest BCUT2D eigenvalue weighted by Crippen LogP contribution is -2.66. The van der Waals surface area contributed by atoms with Crippen LogP contribution in [0.15, 0.2) is 48.5 Å². The minimum atomic E-state index is -2.22. The van der Waals surface area contributed by atoms with E-state index in [9.17, 15) is 0 Å². The molecule has 4 unspecified atom stereocenters. The van der Waals surface area contributed by atoms with Gasteiger partial charge in [0, 0.05) is 46.7 Å². The number of hydrogen-bond donors (Lipinski definition) is 0. The van der Waals surface area contributed by atoms with Crippen molar-refractivity contribution in [3.05, 3.63) is 65.2 Å². The highest BCUT2D eigenvalue weighted by molar-refractivity contribution is 7.00. The van der Waals surface area contributed by atoms with Crippen LogP contribution in [-0.4, -0.2) is 18.3 Å². The molecule has 2 saturated carbocycles. The van der Waals surface area contributed by atoms with Gasteiger partial charge >= 0.3 is 0 Å². The number of aryl methyl sites for hydroxylation is 1. The summed E-state index contributed by atoms with van der Waals surface area (Å²) in [6.07, 6.45) is 2.95. The molecule has 0 bridgehead atoms. The Bertz CT molecular complexity index is 1590. The van der Waals surface area contributed by atoms with Gasteiger partial charge in [0.1, 0.15) is 0 Å². The van der Waals surface area contributed by atoms with Gasteiger partial charge in [0.25, 0.3) is 6.71 Å². The van der Waals surface area contributed by atoms with Crippen molar-refractivity contribution in [2.75, 3.05) is 9.80 Å². The van der Waals surface area contributed by atoms with Gasteiger partial charge in [-0.1, -0.05) is 42.0 Å². The summed E-state index contributed by atoms with van der Waals surface area (Å²) < 4.78 is 68.5. The molecule has 0 N–H and O–H groups in total. The van der Waals surface area contributed by atoms with Gasteiger partial charge in [0.2, 0.25) is 11.6 Å². The van der Waals surface area contributed by atoms with E-state index < -0.39 is 22.9 Å². The summed E-state index contributed by atoms with van der Waals surface area (Å²) in [5, 5.41) is 0. The molecule has 0 amide bonds. The first-order valence-electron chi connectivity index (χ1n) is 14.0. The van der Waals surface area contributed by atoms with Crippen LogP contribution in [0.3, 0.4) is 0 Å². The van der Waals surface area contributed by atoms with Gasteiger partial charge in [-0.15, -0.1) is 0 Å². The van der Waals surface area contributed by atoms with Crippen LogP contribution >= 0.6 is 0 Å². The lowest BCUT2D eigenvalue weighted by molar-refractivity contribution is -0.0619. The number of nitrogens with zero attached hydrogens (tertiary/aromatic N) is 2. The number of alkyl halides is 4. The van der Waals surface area contributed by atoms with Gasteiger partial charge in [-0.25, -0.2) is 17.6 Å². The van der Waals surface area contributed by atoms with E-state index in [1.54, 1.807) is 21.9 Å². The van der Waals surface area contributed by atoms with Crippen LogP contribution in [0.25, 0.3) is 0 Å². The third-order valence-electron chi connectivity index (χ3n) is 10.6. The number of hydrogen-bond acceptors (Lipinski definition) is 2. The second kappa shape index (κ2) is 6.43. The number of benzene rings is 3. The smallest absolute Gasteiger partial charge is 0.252 e. The van der Waals surface area contributed by atoms with E-state index in [0.717, 1.165) is 22.0 Å². The highest BCUT2D eigenvalue weighted by Gasteiger charge is 2.71. The summed E-state index contributed by atoms with van der Waals surface area (Å²) in [6.45, 7) is 1.58.